The van der Waals surface area contributed by atoms with Crippen LogP contribution in [0, 0.1) is 0 Å². The number of benzene rings is 2. The molecule has 3 rings (SSSR count). The van der Waals surface area contributed by atoms with E-state index in [0.717, 1.165) is 25.3 Å². The largest absolute Gasteiger partial charge is 0.373 e. The summed E-state index contributed by atoms with van der Waals surface area (Å²) < 4.78 is 5.83. The number of rotatable bonds is 7. The monoisotopic (exact) mass is 381 g/mol. The number of morpholine rings is 1. The van der Waals surface area contributed by atoms with Gasteiger partial charge in [-0.25, -0.2) is 0 Å². The van der Waals surface area contributed by atoms with Gasteiger partial charge in [-0.15, -0.1) is 0 Å². The number of carbonyl (C=O) groups is 1. The molecule has 0 spiro atoms. The second-order valence-corrected chi connectivity index (χ2v) is 7.69. The minimum absolute atomic E-state index is 0.0229. The lowest BCUT2D eigenvalue weighted by Crippen LogP contribution is -2.45. The van der Waals surface area contributed by atoms with Gasteiger partial charge in [-0.1, -0.05) is 42.5 Å². The van der Waals surface area contributed by atoms with Crippen LogP contribution in [-0.4, -0.2) is 49.7 Å². The molecule has 1 amide bonds. The lowest BCUT2D eigenvalue weighted by Gasteiger charge is -2.35. The number of hydrogen-bond acceptors (Lipinski definition) is 4. The van der Waals surface area contributed by atoms with E-state index < -0.39 is 0 Å². The van der Waals surface area contributed by atoms with Gasteiger partial charge in [0.2, 0.25) is 5.91 Å². The molecular formula is C23H31N3O2. The zero-order valence-electron chi connectivity index (χ0n) is 17.1. The number of carbonyl (C=O) groups excluding carboxylic acids is 1. The summed E-state index contributed by atoms with van der Waals surface area (Å²) in [7, 11) is 1.93. The Morgan fingerprint density at radius 3 is 2.32 bits per heavy atom. The van der Waals surface area contributed by atoms with Gasteiger partial charge in [0.25, 0.3) is 0 Å². The van der Waals surface area contributed by atoms with Crippen molar-refractivity contribution in [2.24, 2.45) is 0 Å². The molecule has 150 valence electrons. The van der Waals surface area contributed by atoms with Crippen molar-refractivity contribution >= 4 is 11.6 Å². The molecule has 0 saturated carbocycles. The Morgan fingerprint density at radius 2 is 1.64 bits per heavy atom. The predicted molar refractivity (Wildman–Crippen MR) is 113 cm³/mol. The van der Waals surface area contributed by atoms with Crippen LogP contribution in [0.15, 0.2) is 54.6 Å². The third-order valence-electron chi connectivity index (χ3n) is 5.06. The van der Waals surface area contributed by atoms with E-state index in [0.29, 0.717) is 13.1 Å². The van der Waals surface area contributed by atoms with Gasteiger partial charge in [0.1, 0.15) is 0 Å². The van der Waals surface area contributed by atoms with Crippen LogP contribution >= 0.6 is 0 Å². The summed E-state index contributed by atoms with van der Waals surface area (Å²) in [6, 6.07) is 18.3. The molecule has 1 N–H and O–H groups in total. The lowest BCUT2D eigenvalue weighted by molar-refractivity contribution is -0.119. The van der Waals surface area contributed by atoms with Crippen molar-refractivity contribution in [2.45, 2.75) is 39.1 Å². The normalized spacial score (nSPS) is 20.0. The summed E-state index contributed by atoms with van der Waals surface area (Å²) in [6.45, 7) is 7.89. The summed E-state index contributed by atoms with van der Waals surface area (Å²) in [5.74, 6) is 0.0229. The number of para-hydroxylation sites is 1. The lowest BCUT2D eigenvalue weighted by atomic mass is 10.1. The highest BCUT2D eigenvalue weighted by Crippen LogP contribution is 2.17. The molecule has 5 heteroatoms. The fourth-order valence-electron chi connectivity index (χ4n) is 3.78. The van der Waals surface area contributed by atoms with Gasteiger partial charge in [0.05, 0.1) is 18.8 Å². The fourth-order valence-corrected chi connectivity index (χ4v) is 3.78. The number of nitrogens with one attached hydrogen (secondary N) is 1. The Hall–Kier alpha value is -2.37. The third kappa shape index (κ3) is 5.81. The summed E-state index contributed by atoms with van der Waals surface area (Å²) in [6.07, 6.45) is 0.508. The van der Waals surface area contributed by atoms with E-state index in [2.05, 4.69) is 42.3 Å². The van der Waals surface area contributed by atoms with Crippen LogP contribution < -0.4 is 10.2 Å². The van der Waals surface area contributed by atoms with Crippen molar-refractivity contribution < 1.29 is 9.53 Å². The van der Waals surface area contributed by atoms with Gasteiger partial charge >= 0.3 is 0 Å². The number of nitrogens with zero attached hydrogens (tertiary/aromatic N) is 2. The molecule has 0 aromatic heterocycles. The highest BCUT2D eigenvalue weighted by atomic mass is 16.5. The molecule has 2 unspecified atom stereocenters. The second-order valence-electron chi connectivity index (χ2n) is 7.69. The minimum Gasteiger partial charge on any atom is -0.373 e. The van der Waals surface area contributed by atoms with E-state index in [9.17, 15) is 4.79 Å². The smallest absolute Gasteiger partial charge is 0.239 e. The van der Waals surface area contributed by atoms with Crippen LogP contribution in [0.5, 0.6) is 0 Å². The third-order valence-corrected chi connectivity index (χ3v) is 5.06. The number of amides is 1. The number of hydrogen-bond donors (Lipinski definition) is 1. The van der Waals surface area contributed by atoms with E-state index in [1.807, 2.05) is 48.3 Å². The molecule has 1 aliphatic heterocycles. The molecule has 5 nitrogen and oxygen atoms in total. The highest BCUT2D eigenvalue weighted by Gasteiger charge is 2.22. The van der Waals surface area contributed by atoms with Crippen LogP contribution in [0.4, 0.5) is 5.69 Å². The van der Waals surface area contributed by atoms with Crippen molar-refractivity contribution in [3.63, 3.8) is 0 Å². The molecule has 1 heterocycles. The molecular weight excluding hydrogens is 350 g/mol. The van der Waals surface area contributed by atoms with E-state index >= 15 is 0 Å². The molecule has 2 aromatic rings. The Balaban J connectivity index is 1.55. The SMILES string of the molecule is CC1CN(Cc2ccccc2CNC(=O)CN(C)c2ccccc2)CC(C)O1. The molecule has 0 bridgehead atoms. The maximum absolute atomic E-state index is 12.4. The first-order valence-electron chi connectivity index (χ1n) is 9.98. The number of likely N-dealkylation sites (N-methyl/N-ethyl adjacent to an activating group) is 1. The van der Waals surface area contributed by atoms with Gasteiger partial charge in [-0.2, -0.15) is 0 Å². The molecule has 28 heavy (non-hydrogen) atoms. The predicted octanol–water partition coefficient (Wildman–Crippen LogP) is 3.05. The summed E-state index contributed by atoms with van der Waals surface area (Å²) in [5.41, 5.74) is 3.47. The zero-order valence-corrected chi connectivity index (χ0v) is 17.1. The zero-order chi connectivity index (χ0) is 19.9. The maximum atomic E-state index is 12.4. The Kier molecular flexibility index (Phi) is 7.06. The summed E-state index contributed by atoms with van der Waals surface area (Å²) in [5, 5.41) is 3.07. The second kappa shape index (κ2) is 9.71. The van der Waals surface area contributed by atoms with Crippen molar-refractivity contribution in [1.82, 2.24) is 10.2 Å². The first-order valence-corrected chi connectivity index (χ1v) is 9.98. The highest BCUT2D eigenvalue weighted by molar-refractivity contribution is 5.81. The molecule has 2 aromatic carbocycles. The quantitative estimate of drug-likeness (QED) is 0.801. The molecule has 1 saturated heterocycles. The van der Waals surface area contributed by atoms with Gasteiger partial charge in [0.15, 0.2) is 0 Å². The Morgan fingerprint density at radius 1 is 1.04 bits per heavy atom. The molecule has 1 fully saturated rings. The van der Waals surface area contributed by atoms with E-state index in [4.69, 9.17) is 4.74 Å². The van der Waals surface area contributed by atoms with E-state index in [-0.39, 0.29) is 18.1 Å². The van der Waals surface area contributed by atoms with Crippen LogP contribution in [0.25, 0.3) is 0 Å². The van der Waals surface area contributed by atoms with E-state index in [1.54, 1.807) is 0 Å². The topological polar surface area (TPSA) is 44.8 Å². The molecule has 1 aliphatic rings. The number of anilines is 1. The Bertz CT molecular complexity index is 755. The van der Waals surface area contributed by atoms with Gasteiger partial charge < -0.3 is 15.0 Å². The first-order chi connectivity index (χ1) is 13.5. The van der Waals surface area contributed by atoms with Crippen LogP contribution in [0.3, 0.4) is 0 Å². The van der Waals surface area contributed by atoms with Crippen molar-refractivity contribution in [1.29, 1.82) is 0 Å². The average Bonchev–Trinajstić information content (AvgIpc) is 2.67. The van der Waals surface area contributed by atoms with Crippen molar-refractivity contribution in [3.8, 4) is 0 Å². The minimum atomic E-state index is 0.0229. The fraction of sp³-hybridized carbons (Fsp3) is 0.435. The molecule has 0 aliphatic carbocycles. The standard InChI is InChI=1S/C23H31N3O2/c1-18-14-26(15-19(2)28-18)16-21-10-8-7-9-20(21)13-24-23(27)17-25(3)22-11-5-4-6-12-22/h4-12,18-19H,13-17H2,1-3H3,(H,24,27). The van der Waals surface area contributed by atoms with Crippen LogP contribution in [0.2, 0.25) is 0 Å². The first kappa shape index (κ1) is 20.4. The summed E-state index contributed by atoms with van der Waals surface area (Å²) >= 11 is 0. The molecule has 0 radical (unpaired) electrons. The van der Waals surface area contributed by atoms with Gasteiger partial charge in [0, 0.05) is 38.9 Å². The van der Waals surface area contributed by atoms with Crippen LogP contribution in [0.1, 0.15) is 25.0 Å². The van der Waals surface area contributed by atoms with Crippen molar-refractivity contribution in [2.75, 3.05) is 31.6 Å². The molecule has 2 atom stereocenters. The number of ether oxygens (including phenoxy) is 1. The van der Waals surface area contributed by atoms with E-state index in [1.165, 1.54) is 11.1 Å². The van der Waals surface area contributed by atoms with Gasteiger partial charge in [-0.05, 0) is 37.1 Å². The van der Waals surface area contributed by atoms with Crippen LogP contribution in [-0.2, 0) is 22.6 Å². The average molecular weight is 382 g/mol. The van der Waals surface area contributed by atoms with Crippen molar-refractivity contribution in [3.05, 3.63) is 65.7 Å². The summed E-state index contributed by atoms with van der Waals surface area (Å²) in [4.78, 5) is 16.8. The maximum Gasteiger partial charge on any atom is 0.239 e. The Labute approximate surface area is 168 Å². The van der Waals surface area contributed by atoms with Gasteiger partial charge in [-0.3, -0.25) is 9.69 Å².